The topological polar surface area (TPSA) is 49.4 Å². The maximum Gasteiger partial charge on any atom is 0.242 e. The highest BCUT2D eigenvalue weighted by molar-refractivity contribution is 6.35. The number of carbonyl (C=O) groups excluding carboxylic acids is 2. The van der Waals surface area contributed by atoms with E-state index in [1.165, 1.54) is 0 Å². The van der Waals surface area contributed by atoms with E-state index in [9.17, 15) is 9.59 Å². The Kier molecular flexibility index (Phi) is 8.81. The van der Waals surface area contributed by atoms with Crippen LogP contribution >= 0.6 is 23.2 Å². The largest absolute Gasteiger partial charge is 0.354 e. The summed E-state index contributed by atoms with van der Waals surface area (Å²) in [4.78, 5) is 27.2. The first-order valence-electron chi connectivity index (χ1n) is 9.47. The van der Waals surface area contributed by atoms with Crippen LogP contribution in [-0.2, 0) is 22.6 Å². The van der Waals surface area contributed by atoms with Crippen LogP contribution in [0.4, 0.5) is 0 Å². The van der Waals surface area contributed by atoms with Crippen LogP contribution in [-0.4, -0.2) is 29.3 Å². The van der Waals surface area contributed by atoms with Crippen molar-refractivity contribution < 1.29 is 9.59 Å². The molecule has 0 aromatic heterocycles. The van der Waals surface area contributed by atoms with Gasteiger partial charge in [0, 0.05) is 23.1 Å². The van der Waals surface area contributed by atoms with Gasteiger partial charge in [-0.1, -0.05) is 72.9 Å². The molecule has 150 valence electrons. The summed E-state index contributed by atoms with van der Waals surface area (Å²) in [6, 6.07) is 14.0. The van der Waals surface area contributed by atoms with Crippen molar-refractivity contribution in [1.82, 2.24) is 10.2 Å². The maximum atomic E-state index is 13.0. The molecule has 0 aliphatic rings. The van der Waals surface area contributed by atoms with Gasteiger partial charge in [-0.2, -0.15) is 0 Å². The molecule has 0 aliphatic heterocycles. The van der Waals surface area contributed by atoms with E-state index in [0.29, 0.717) is 16.6 Å². The molecule has 0 saturated heterocycles. The normalized spacial score (nSPS) is 11.7. The number of rotatable bonds is 9. The van der Waals surface area contributed by atoms with E-state index in [1.54, 1.807) is 30.0 Å². The smallest absolute Gasteiger partial charge is 0.242 e. The van der Waals surface area contributed by atoms with Crippen molar-refractivity contribution in [3.8, 4) is 0 Å². The van der Waals surface area contributed by atoms with Crippen molar-refractivity contribution >= 4 is 35.0 Å². The summed E-state index contributed by atoms with van der Waals surface area (Å²) < 4.78 is 0. The fourth-order valence-corrected chi connectivity index (χ4v) is 3.29. The fourth-order valence-electron chi connectivity index (χ4n) is 2.82. The molecular weight excluding hydrogens is 395 g/mol. The monoisotopic (exact) mass is 420 g/mol. The molecule has 2 aromatic rings. The van der Waals surface area contributed by atoms with Crippen LogP contribution in [0.15, 0.2) is 48.5 Å². The molecule has 4 nitrogen and oxygen atoms in total. The van der Waals surface area contributed by atoms with Crippen molar-refractivity contribution in [3.05, 3.63) is 69.7 Å². The molecular formula is C22H26Cl2N2O2. The second-order valence-electron chi connectivity index (χ2n) is 6.74. The third kappa shape index (κ3) is 6.54. The zero-order chi connectivity index (χ0) is 20.5. The van der Waals surface area contributed by atoms with Gasteiger partial charge in [0.25, 0.3) is 0 Å². The Morgan fingerprint density at radius 2 is 1.82 bits per heavy atom. The predicted molar refractivity (Wildman–Crippen MR) is 115 cm³/mol. The molecule has 0 fully saturated rings. The lowest BCUT2D eigenvalue weighted by atomic mass is 10.1. The van der Waals surface area contributed by atoms with Gasteiger partial charge in [0.15, 0.2) is 0 Å². The Hall–Kier alpha value is -2.04. The average Bonchev–Trinajstić information content (AvgIpc) is 2.67. The lowest BCUT2D eigenvalue weighted by Crippen LogP contribution is -2.48. The van der Waals surface area contributed by atoms with E-state index in [1.807, 2.05) is 30.3 Å². The predicted octanol–water partition coefficient (Wildman–Crippen LogP) is 4.87. The summed E-state index contributed by atoms with van der Waals surface area (Å²) in [7, 11) is 0. The molecule has 2 rings (SSSR count). The highest BCUT2D eigenvalue weighted by Crippen LogP contribution is 2.23. The average molecular weight is 421 g/mol. The minimum absolute atomic E-state index is 0.129. The number of carbonyl (C=O) groups is 2. The van der Waals surface area contributed by atoms with E-state index in [2.05, 4.69) is 12.2 Å². The number of amides is 2. The van der Waals surface area contributed by atoms with Gasteiger partial charge in [0.1, 0.15) is 6.04 Å². The zero-order valence-corrected chi connectivity index (χ0v) is 17.8. The fraction of sp³-hybridized carbons (Fsp3) is 0.364. The highest BCUT2D eigenvalue weighted by Gasteiger charge is 2.26. The number of benzene rings is 2. The van der Waals surface area contributed by atoms with Crippen LogP contribution < -0.4 is 5.32 Å². The molecule has 0 heterocycles. The molecule has 0 spiro atoms. The van der Waals surface area contributed by atoms with E-state index >= 15 is 0 Å². The van der Waals surface area contributed by atoms with Crippen LogP contribution in [0.5, 0.6) is 0 Å². The van der Waals surface area contributed by atoms with Crippen molar-refractivity contribution in [2.45, 2.75) is 45.7 Å². The number of hydrogen-bond donors (Lipinski definition) is 1. The van der Waals surface area contributed by atoms with Gasteiger partial charge in [0.2, 0.25) is 11.8 Å². The molecule has 0 radical (unpaired) electrons. The molecule has 1 N–H and O–H groups in total. The highest BCUT2D eigenvalue weighted by atomic mass is 35.5. The van der Waals surface area contributed by atoms with E-state index < -0.39 is 6.04 Å². The number of nitrogens with zero attached hydrogens (tertiary/aromatic N) is 1. The number of unbranched alkanes of at least 4 members (excludes halogenated alkanes) is 1. The standard InChI is InChI=1S/C22H26Cl2N2O2/c1-3-4-12-25-22(28)16(2)26(15-18-10-11-19(23)14-20(18)24)21(27)13-17-8-6-5-7-9-17/h5-11,14,16H,3-4,12-13,15H2,1-2H3,(H,25,28)/t16-/m1/s1. The first-order valence-corrected chi connectivity index (χ1v) is 10.2. The minimum Gasteiger partial charge on any atom is -0.354 e. The molecule has 2 amide bonds. The maximum absolute atomic E-state index is 13.0. The van der Waals surface area contributed by atoms with Crippen LogP contribution in [0.1, 0.15) is 37.8 Å². The Bertz CT molecular complexity index is 796. The number of nitrogens with one attached hydrogen (secondary N) is 1. The van der Waals surface area contributed by atoms with Crippen LogP contribution in [0.25, 0.3) is 0 Å². The van der Waals surface area contributed by atoms with Gasteiger partial charge in [-0.3, -0.25) is 9.59 Å². The SMILES string of the molecule is CCCCNC(=O)[C@@H](C)N(Cc1ccc(Cl)cc1Cl)C(=O)Cc1ccccc1. The number of halogens is 2. The third-order valence-electron chi connectivity index (χ3n) is 4.55. The zero-order valence-electron chi connectivity index (χ0n) is 16.3. The second-order valence-corrected chi connectivity index (χ2v) is 7.58. The van der Waals surface area contributed by atoms with Gasteiger partial charge in [-0.25, -0.2) is 0 Å². The van der Waals surface area contributed by atoms with Crippen molar-refractivity contribution in [1.29, 1.82) is 0 Å². The van der Waals surface area contributed by atoms with Crippen molar-refractivity contribution in [3.63, 3.8) is 0 Å². The van der Waals surface area contributed by atoms with Gasteiger partial charge in [-0.05, 0) is 36.6 Å². The lowest BCUT2D eigenvalue weighted by molar-refractivity contribution is -0.140. The molecule has 0 bridgehead atoms. The summed E-state index contributed by atoms with van der Waals surface area (Å²) in [6.45, 7) is 4.65. The molecule has 0 aliphatic carbocycles. The number of hydrogen-bond acceptors (Lipinski definition) is 2. The van der Waals surface area contributed by atoms with E-state index in [-0.39, 0.29) is 24.8 Å². The molecule has 0 unspecified atom stereocenters. The first-order chi connectivity index (χ1) is 13.4. The van der Waals surface area contributed by atoms with E-state index in [4.69, 9.17) is 23.2 Å². The molecule has 0 saturated carbocycles. The Morgan fingerprint density at radius 3 is 2.46 bits per heavy atom. The Labute approximate surface area is 176 Å². The summed E-state index contributed by atoms with van der Waals surface area (Å²) in [5.41, 5.74) is 1.65. The molecule has 28 heavy (non-hydrogen) atoms. The summed E-state index contributed by atoms with van der Waals surface area (Å²) in [6.07, 6.45) is 2.11. The van der Waals surface area contributed by atoms with Crippen molar-refractivity contribution in [2.24, 2.45) is 0 Å². The quantitative estimate of drug-likeness (QED) is 0.588. The van der Waals surface area contributed by atoms with E-state index in [0.717, 1.165) is 24.0 Å². The summed E-state index contributed by atoms with van der Waals surface area (Å²) in [5, 5.41) is 3.91. The summed E-state index contributed by atoms with van der Waals surface area (Å²) >= 11 is 12.3. The minimum atomic E-state index is -0.611. The summed E-state index contributed by atoms with van der Waals surface area (Å²) in [5.74, 6) is -0.296. The van der Waals surface area contributed by atoms with Crippen molar-refractivity contribution in [2.75, 3.05) is 6.54 Å². The lowest BCUT2D eigenvalue weighted by Gasteiger charge is -2.29. The molecule has 1 atom stereocenters. The van der Waals surface area contributed by atoms with Crippen LogP contribution in [0, 0.1) is 0 Å². The molecule has 2 aromatic carbocycles. The van der Waals surface area contributed by atoms with Gasteiger partial charge in [0.05, 0.1) is 6.42 Å². The van der Waals surface area contributed by atoms with Crippen LogP contribution in [0.2, 0.25) is 10.0 Å². The second kappa shape index (κ2) is 11.1. The van der Waals surface area contributed by atoms with Gasteiger partial charge in [-0.15, -0.1) is 0 Å². The molecule has 6 heteroatoms. The first kappa shape index (κ1) is 22.3. The Morgan fingerprint density at radius 1 is 1.11 bits per heavy atom. The van der Waals surface area contributed by atoms with Crippen LogP contribution in [0.3, 0.4) is 0 Å². The van der Waals surface area contributed by atoms with Gasteiger partial charge >= 0.3 is 0 Å². The Balaban J connectivity index is 2.20. The third-order valence-corrected chi connectivity index (χ3v) is 5.14. The van der Waals surface area contributed by atoms with Gasteiger partial charge < -0.3 is 10.2 Å².